The number of pyridine rings is 1. The molecule has 2 atom stereocenters. The van der Waals surface area contributed by atoms with E-state index in [0.717, 1.165) is 42.8 Å². The number of carbonyl (C=O) groups is 1. The maximum absolute atomic E-state index is 12.5. The Morgan fingerprint density at radius 2 is 2.42 bits per heavy atom. The van der Waals surface area contributed by atoms with E-state index in [1.165, 1.54) is 0 Å². The zero-order valence-electron chi connectivity index (χ0n) is 14.0. The molecular formula is C18H23N3O3. The summed E-state index contributed by atoms with van der Waals surface area (Å²) in [4.78, 5) is 16.9. The number of carbonyl (C=O) groups excluding carboxylic acids is 1. The summed E-state index contributed by atoms with van der Waals surface area (Å²) in [6.07, 6.45) is 6.71. The van der Waals surface area contributed by atoms with Crippen LogP contribution in [0.25, 0.3) is 5.65 Å². The molecule has 0 saturated carbocycles. The molecule has 0 aliphatic carbocycles. The monoisotopic (exact) mass is 329 g/mol. The molecule has 2 aliphatic rings. The second-order valence-electron chi connectivity index (χ2n) is 6.90. The van der Waals surface area contributed by atoms with Gasteiger partial charge in [-0.2, -0.15) is 0 Å². The van der Waals surface area contributed by atoms with E-state index in [2.05, 4.69) is 10.3 Å². The van der Waals surface area contributed by atoms with Crippen LogP contribution in [0.2, 0.25) is 0 Å². The average molecular weight is 329 g/mol. The van der Waals surface area contributed by atoms with Gasteiger partial charge in [0, 0.05) is 38.1 Å². The minimum absolute atomic E-state index is 0.0410. The van der Waals surface area contributed by atoms with Gasteiger partial charge >= 0.3 is 0 Å². The summed E-state index contributed by atoms with van der Waals surface area (Å²) < 4.78 is 13.4. The molecule has 1 spiro atoms. The molecule has 6 nitrogen and oxygen atoms in total. The highest BCUT2D eigenvalue weighted by atomic mass is 16.6. The number of nitrogens with zero attached hydrogens (tertiary/aromatic N) is 2. The molecule has 0 bridgehead atoms. The van der Waals surface area contributed by atoms with Crippen molar-refractivity contribution in [2.75, 3.05) is 19.8 Å². The van der Waals surface area contributed by atoms with Crippen molar-refractivity contribution in [3.05, 3.63) is 35.8 Å². The summed E-state index contributed by atoms with van der Waals surface area (Å²) in [6, 6.07) is 4.17. The first-order valence-corrected chi connectivity index (χ1v) is 8.58. The zero-order valence-corrected chi connectivity index (χ0v) is 14.0. The van der Waals surface area contributed by atoms with Gasteiger partial charge in [-0.15, -0.1) is 0 Å². The lowest BCUT2D eigenvalue weighted by Gasteiger charge is -2.37. The third kappa shape index (κ3) is 2.91. The molecule has 2 fully saturated rings. The van der Waals surface area contributed by atoms with Gasteiger partial charge in [-0.05, 0) is 31.4 Å². The number of imidazole rings is 1. The van der Waals surface area contributed by atoms with Crippen LogP contribution in [0.3, 0.4) is 0 Å². The molecule has 6 heteroatoms. The van der Waals surface area contributed by atoms with Crippen LogP contribution >= 0.6 is 0 Å². The molecule has 0 aromatic carbocycles. The molecule has 1 amide bonds. The molecule has 0 radical (unpaired) electrons. The van der Waals surface area contributed by atoms with E-state index >= 15 is 0 Å². The Labute approximate surface area is 141 Å². The van der Waals surface area contributed by atoms with Crippen molar-refractivity contribution in [2.45, 2.75) is 44.2 Å². The lowest BCUT2D eigenvalue weighted by molar-refractivity contribution is -0.125. The van der Waals surface area contributed by atoms with E-state index in [1.54, 1.807) is 6.20 Å². The SMILES string of the molecule is Cc1cccn2c(CC(=O)NC3CCOC4(CCOC4)C3)cnc12. The van der Waals surface area contributed by atoms with E-state index < -0.39 is 0 Å². The number of nitrogens with one attached hydrogen (secondary N) is 1. The van der Waals surface area contributed by atoms with Gasteiger partial charge in [-0.25, -0.2) is 4.98 Å². The predicted octanol–water partition coefficient (Wildman–Crippen LogP) is 1.64. The fraction of sp³-hybridized carbons (Fsp3) is 0.556. The Hall–Kier alpha value is -1.92. The third-order valence-electron chi connectivity index (χ3n) is 5.07. The molecule has 2 aromatic heterocycles. The first-order chi connectivity index (χ1) is 11.7. The number of ether oxygens (including phenoxy) is 2. The summed E-state index contributed by atoms with van der Waals surface area (Å²) in [5.74, 6) is 0.0410. The number of hydrogen-bond donors (Lipinski definition) is 1. The average Bonchev–Trinajstić information content (AvgIpc) is 3.16. The minimum Gasteiger partial charge on any atom is -0.378 e. The highest BCUT2D eigenvalue weighted by molar-refractivity contribution is 5.78. The van der Waals surface area contributed by atoms with Crippen LogP contribution in [-0.4, -0.2) is 46.8 Å². The molecule has 128 valence electrons. The molecule has 4 rings (SSSR count). The van der Waals surface area contributed by atoms with E-state index in [0.29, 0.717) is 19.6 Å². The fourth-order valence-electron chi connectivity index (χ4n) is 3.79. The second-order valence-corrected chi connectivity index (χ2v) is 6.90. The maximum Gasteiger partial charge on any atom is 0.226 e. The van der Waals surface area contributed by atoms with E-state index in [1.807, 2.05) is 29.7 Å². The zero-order chi connectivity index (χ0) is 16.6. The molecule has 24 heavy (non-hydrogen) atoms. The highest BCUT2D eigenvalue weighted by Gasteiger charge is 2.41. The van der Waals surface area contributed by atoms with Crippen molar-refractivity contribution in [3.8, 4) is 0 Å². The van der Waals surface area contributed by atoms with Gasteiger partial charge in [0.2, 0.25) is 5.91 Å². The summed E-state index contributed by atoms with van der Waals surface area (Å²) in [5.41, 5.74) is 2.75. The van der Waals surface area contributed by atoms with Crippen molar-refractivity contribution in [1.82, 2.24) is 14.7 Å². The topological polar surface area (TPSA) is 64.9 Å². The smallest absolute Gasteiger partial charge is 0.226 e. The van der Waals surface area contributed by atoms with Gasteiger partial charge < -0.3 is 19.2 Å². The lowest BCUT2D eigenvalue weighted by atomic mass is 9.89. The highest BCUT2D eigenvalue weighted by Crippen LogP contribution is 2.32. The van der Waals surface area contributed by atoms with Gasteiger partial charge in [0.25, 0.3) is 0 Å². The van der Waals surface area contributed by atoms with Crippen LogP contribution in [0.5, 0.6) is 0 Å². The maximum atomic E-state index is 12.5. The first-order valence-electron chi connectivity index (χ1n) is 8.58. The van der Waals surface area contributed by atoms with E-state index in [-0.39, 0.29) is 17.6 Å². The molecule has 2 aliphatic heterocycles. The van der Waals surface area contributed by atoms with Gasteiger partial charge in [0.1, 0.15) is 5.65 Å². The summed E-state index contributed by atoms with van der Waals surface area (Å²) >= 11 is 0. The van der Waals surface area contributed by atoms with Crippen LogP contribution in [0, 0.1) is 6.92 Å². The molecule has 2 unspecified atom stereocenters. The number of amides is 1. The third-order valence-corrected chi connectivity index (χ3v) is 5.07. The van der Waals surface area contributed by atoms with Gasteiger partial charge in [-0.1, -0.05) is 6.07 Å². The van der Waals surface area contributed by atoms with Crippen molar-refractivity contribution < 1.29 is 14.3 Å². The van der Waals surface area contributed by atoms with Gasteiger partial charge in [0.15, 0.2) is 0 Å². The van der Waals surface area contributed by atoms with E-state index in [4.69, 9.17) is 9.47 Å². The Morgan fingerprint density at radius 3 is 3.25 bits per heavy atom. The fourth-order valence-corrected chi connectivity index (χ4v) is 3.79. The number of aryl methyl sites for hydroxylation is 1. The first kappa shape index (κ1) is 15.6. The molecular weight excluding hydrogens is 306 g/mol. The second kappa shape index (κ2) is 6.18. The van der Waals surface area contributed by atoms with E-state index in [9.17, 15) is 4.79 Å². The Kier molecular flexibility index (Phi) is 4.02. The largest absolute Gasteiger partial charge is 0.378 e. The minimum atomic E-state index is -0.184. The van der Waals surface area contributed by atoms with Crippen LogP contribution in [0.4, 0.5) is 0 Å². The summed E-state index contributed by atoms with van der Waals surface area (Å²) in [6.45, 7) is 4.11. The summed E-state index contributed by atoms with van der Waals surface area (Å²) in [5, 5.41) is 3.17. The number of hydrogen-bond acceptors (Lipinski definition) is 4. The molecule has 2 aromatic rings. The van der Waals surface area contributed by atoms with Crippen molar-refractivity contribution in [2.24, 2.45) is 0 Å². The van der Waals surface area contributed by atoms with Crippen LogP contribution in [0.15, 0.2) is 24.5 Å². The number of rotatable bonds is 3. The van der Waals surface area contributed by atoms with Crippen LogP contribution in [0.1, 0.15) is 30.5 Å². The summed E-state index contributed by atoms with van der Waals surface area (Å²) in [7, 11) is 0. The molecule has 1 N–H and O–H groups in total. The van der Waals surface area contributed by atoms with Crippen LogP contribution < -0.4 is 5.32 Å². The standard InChI is InChI=1S/C18H23N3O3/c1-13-3-2-6-21-15(11-19-17(13)21)9-16(22)20-14-4-7-24-18(10-14)5-8-23-12-18/h2-3,6,11,14H,4-5,7-10,12H2,1H3,(H,20,22). The number of aromatic nitrogens is 2. The number of fused-ring (bicyclic) bond motifs is 1. The molecule has 2 saturated heterocycles. The van der Waals surface area contributed by atoms with Crippen molar-refractivity contribution in [1.29, 1.82) is 0 Å². The van der Waals surface area contributed by atoms with Crippen molar-refractivity contribution >= 4 is 11.6 Å². The lowest BCUT2D eigenvalue weighted by Crippen LogP contribution is -2.49. The van der Waals surface area contributed by atoms with Crippen molar-refractivity contribution in [3.63, 3.8) is 0 Å². The molecule has 4 heterocycles. The van der Waals surface area contributed by atoms with Gasteiger partial charge in [-0.3, -0.25) is 4.79 Å². The Morgan fingerprint density at radius 1 is 1.50 bits per heavy atom. The Bertz CT molecular complexity index is 749. The predicted molar refractivity (Wildman–Crippen MR) is 88.9 cm³/mol. The van der Waals surface area contributed by atoms with Crippen LogP contribution in [-0.2, 0) is 20.7 Å². The van der Waals surface area contributed by atoms with Gasteiger partial charge in [0.05, 0.1) is 24.3 Å². The normalized spacial score (nSPS) is 27.0. The quantitative estimate of drug-likeness (QED) is 0.930. The Balaban J connectivity index is 1.42.